The molecule has 1 atom stereocenters. The molecule has 9 nitrogen and oxygen atoms in total. The van der Waals surface area contributed by atoms with Crippen LogP contribution in [0, 0.1) is 6.92 Å². The van der Waals surface area contributed by atoms with E-state index in [1.165, 1.54) is 15.3 Å². The third-order valence-electron chi connectivity index (χ3n) is 6.41. The largest absolute Gasteiger partial charge is 0.360 e. The minimum Gasteiger partial charge on any atom is -0.360 e. The number of rotatable bonds is 7. The highest BCUT2D eigenvalue weighted by Gasteiger charge is 2.36. The Kier molecular flexibility index (Phi) is 6.56. The summed E-state index contributed by atoms with van der Waals surface area (Å²) in [6.07, 6.45) is 1.75. The quantitative estimate of drug-likeness (QED) is 0.417. The summed E-state index contributed by atoms with van der Waals surface area (Å²) in [5.41, 5.74) is 3.02. The molecule has 180 valence electrons. The van der Waals surface area contributed by atoms with Gasteiger partial charge in [-0.2, -0.15) is 0 Å². The van der Waals surface area contributed by atoms with Crippen LogP contribution < -0.4 is 9.80 Å². The Labute approximate surface area is 204 Å². The average molecular weight is 491 g/mol. The van der Waals surface area contributed by atoms with Crippen LogP contribution >= 0.6 is 0 Å². The molecule has 0 saturated carbocycles. The van der Waals surface area contributed by atoms with Crippen LogP contribution in [-0.2, 0) is 15.7 Å². The van der Waals surface area contributed by atoms with Gasteiger partial charge in [-0.3, -0.25) is 4.98 Å². The van der Waals surface area contributed by atoms with Crippen molar-refractivity contribution >= 4 is 15.5 Å². The Morgan fingerprint density at radius 1 is 0.943 bits per heavy atom. The van der Waals surface area contributed by atoms with E-state index in [2.05, 4.69) is 37.5 Å². The lowest BCUT2D eigenvalue weighted by Gasteiger charge is -2.36. The summed E-state index contributed by atoms with van der Waals surface area (Å²) in [5.74, 6) is 0.174. The second-order valence-electron chi connectivity index (χ2n) is 8.76. The van der Waals surface area contributed by atoms with Crippen LogP contribution in [0.5, 0.6) is 0 Å². The predicted octanol–water partition coefficient (Wildman–Crippen LogP) is 1.30. The smallest absolute Gasteiger partial charge is 0.216 e. The highest BCUT2D eigenvalue weighted by Crippen LogP contribution is 2.20. The molecule has 3 heterocycles. The van der Waals surface area contributed by atoms with Crippen LogP contribution in [0.25, 0.3) is 0 Å². The first-order chi connectivity index (χ1) is 17.0. The van der Waals surface area contributed by atoms with E-state index in [4.69, 9.17) is 0 Å². The number of para-hydroxylation sites is 1. The van der Waals surface area contributed by atoms with Crippen molar-refractivity contribution in [3.05, 3.63) is 96.1 Å². The number of aryl methyl sites for hydroxylation is 1. The van der Waals surface area contributed by atoms with Gasteiger partial charge in [0.15, 0.2) is 21.8 Å². The van der Waals surface area contributed by atoms with Crippen molar-refractivity contribution in [3.8, 4) is 0 Å². The molecule has 0 unspecified atom stereocenters. The van der Waals surface area contributed by atoms with Gasteiger partial charge in [-0.05, 0) is 53.7 Å². The maximum atomic E-state index is 13.2. The molecule has 1 aliphatic heterocycles. The van der Waals surface area contributed by atoms with Gasteiger partial charge < -0.3 is 9.80 Å². The van der Waals surface area contributed by atoms with Crippen molar-refractivity contribution in [1.82, 2.24) is 25.2 Å². The molecular weight excluding hydrogens is 462 g/mol. The molecule has 1 fully saturated rings. The lowest BCUT2D eigenvalue weighted by Crippen LogP contribution is -3.15. The molecule has 0 spiro atoms. The number of piperazine rings is 1. The van der Waals surface area contributed by atoms with Gasteiger partial charge in [0.25, 0.3) is 0 Å². The first-order valence-electron chi connectivity index (χ1n) is 11.6. The topological polar surface area (TPSA) is 98.3 Å². The molecule has 35 heavy (non-hydrogen) atoms. The van der Waals surface area contributed by atoms with Gasteiger partial charge in [-0.25, -0.2) is 13.1 Å². The fraction of sp³-hybridized carbons (Fsp3) is 0.280. The number of sulfone groups is 1. The molecular formula is C25H28N7O2S+. The number of hydrogen-bond donors (Lipinski definition) is 1. The first-order valence-corrected chi connectivity index (χ1v) is 13.3. The molecule has 2 aromatic carbocycles. The van der Waals surface area contributed by atoms with E-state index in [9.17, 15) is 8.42 Å². The second kappa shape index (κ2) is 9.93. The summed E-state index contributed by atoms with van der Waals surface area (Å²) < 4.78 is 27.7. The van der Waals surface area contributed by atoms with Crippen LogP contribution in [0.15, 0.2) is 83.9 Å². The lowest BCUT2D eigenvalue weighted by atomic mass is 10.1. The van der Waals surface area contributed by atoms with Gasteiger partial charge in [-0.1, -0.05) is 42.0 Å². The zero-order valence-electron chi connectivity index (χ0n) is 19.5. The Hall–Kier alpha value is -3.63. The predicted molar refractivity (Wildman–Crippen MR) is 132 cm³/mol. The summed E-state index contributed by atoms with van der Waals surface area (Å²) >= 11 is 0. The van der Waals surface area contributed by atoms with Crippen LogP contribution in [-0.4, -0.2) is 59.8 Å². The number of benzene rings is 2. The maximum Gasteiger partial charge on any atom is 0.216 e. The van der Waals surface area contributed by atoms with Crippen molar-refractivity contribution in [3.63, 3.8) is 0 Å². The molecule has 0 aliphatic carbocycles. The number of tetrazole rings is 1. The summed E-state index contributed by atoms with van der Waals surface area (Å²) in [6.45, 7) is 5.34. The molecule has 1 N–H and O–H groups in total. The van der Waals surface area contributed by atoms with E-state index in [-0.39, 0.29) is 16.8 Å². The summed E-state index contributed by atoms with van der Waals surface area (Å²) in [5, 5.41) is 12.2. The summed E-state index contributed by atoms with van der Waals surface area (Å²) in [6, 6.07) is 22.7. The van der Waals surface area contributed by atoms with Gasteiger partial charge in [0, 0.05) is 11.9 Å². The van der Waals surface area contributed by atoms with E-state index in [1.807, 2.05) is 43.3 Å². The SMILES string of the molecule is Cc1ccc(S(=O)(=O)Cn2nnnc2[C@H](c2ccccn2)[NH+]2CCN(c3ccccc3)CC2)cc1. The van der Waals surface area contributed by atoms with E-state index in [1.54, 1.807) is 30.5 Å². The Balaban J connectivity index is 1.43. The first kappa shape index (κ1) is 23.1. The normalized spacial score (nSPS) is 15.7. The summed E-state index contributed by atoms with van der Waals surface area (Å²) in [7, 11) is -3.63. The van der Waals surface area contributed by atoms with Crippen molar-refractivity contribution in [2.75, 3.05) is 31.1 Å². The van der Waals surface area contributed by atoms with Gasteiger partial charge >= 0.3 is 0 Å². The molecule has 1 saturated heterocycles. The molecule has 0 bridgehead atoms. The van der Waals surface area contributed by atoms with Crippen LogP contribution in [0.2, 0.25) is 0 Å². The lowest BCUT2D eigenvalue weighted by molar-refractivity contribution is -0.927. The minimum absolute atomic E-state index is 0.253. The van der Waals surface area contributed by atoms with E-state index < -0.39 is 9.84 Å². The van der Waals surface area contributed by atoms with Crippen LogP contribution in [0.1, 0.15) is 23.1 Å². The zero-order chi connectivity index (χ0) is 24.3. The Morgan fingerprint density at radius 2 is 1.66 bits per heavy atom. The highest BCUT2D eigenvalue weighted by molar-refractivity contribution is 7.90. The number of nitrogens with zero attached hydrogens (tertiary/aromatic N) is 6. The molecule has 5 rings (SSSR count). The molecule has 10 heteroatoms. The van der Waals surface area contributed by atoms with Gasteiger partial charge in [0.2, 0.25) is 5.82 Å². The fourth-order valence-electron chi connectivity index (χ4n) is 4.54. The Bertz CT molecular complexity index is 1350. The molecule has 2 aromatic heterocycles. The molecule has 1 aliphatic rings. The monoisotopic (exact) mass is 490 g/mol. The molecule has 0 amide bonds. The van der Waals surface area contributed by atoms with Crippen molar-refractivity contribution in [2.45, 2.75) is 23.7 Å². The van der Waals surface area contributed by atoms with E-state index in [0.717, 1.165) is 37.4 Å². The van der Waals surface area contributed by atoms with E-state index in [0.29, 0.717) is 5.82 Å². The van der Waals surface area contributed by atoms with Crippen LogP contribution in [0.4, 0.5) is 5.69 Å². The van der Waals surface area contributed by atoms with Gasteiger partial charge in [0.05, 0.1) is 31.1 Å². The van der Waals surface area contributed by atoms with Gasteiger partial charge in [0.1, 0.15) is 5.69 Å². The molecule has 4 aromatic rings. The van der Waals surface area contributed by atoms with Crippen LogP contribution in [0.3, 0.4) is 0 Å². The van der Waals surface area contributed by atoms with Crippen molar-refractivity contribution < 1.29 is 13.3 Å². The standard InChI is InChI=1S/C25H27N7O2S/c1-20-10-12-22(13-11-20)35(33,34)19-32-25(27-28-29-32)24(23-9-5-6-14-26-23)31-17-15-30(16-18-31)21-7-3-2-4-8-21/h2-14,24H,15-19H2,1H3/p+1/t24-/m0/s1. The minimum atomic E-state index is -3.63. The number of hydrogen-bond acceptors (Lipinski definition) is 7. The number of nitrogens with one attached hydrogen (secondary N) is 1. The highest BCUT2D eigenvalue weighted by atomic mass is 32.2. The van der Waals surface area contributed by atoms with Crippen molar-refractivity contribution in [2.24, 2.45) is 0 Å². The number of anilines is 1. The number of aromatic nitrogens is 5. The molecule has 0 radical (unpaired) electrons. The third kappa shape index (κ3) is 5.08. The zero-order valence-corrected chi connectivity index (χ0v) is 20.3. The fourth-order valence-corrected chi connectivity index (χ4v) is 5.75. The number of pyridine rings is 1. The second-order valence-corrected chi connectivity index (χ2v) is 10.7. The summed E-state index contributed by atoms with van der Waals surface area (Å²) in [4.78, 5) is 8.47. The third-order valence-corrected chi connectivity index (χ3v) is 7.98. The Morgan fingerprint density at radius 3 is 2.34 bits per heavy atom. The van der Waals surface area contributed by atoms with E-state index >= 15 is 0 Å². The van der Waals surface area contributed by atoms with Gasteiger partial charge in [-0.15, -0.1) is 5.10 Å². The number of quaternary nitrogens is 1. The maximum absolute atomic E-state index is 13.2. The average Bonchev–Trinajstić information content (AvgIpc) is 3.33. The van der Waals surface area contributed by atoms with Crippen molar-refractivity contribution in [1.29, 1.82) is 0 Å².